The Bertz CT molecular complexity index is 1010. The highest BCUT2D eigenvalue weighted by Crippen LogP contribution is 2.20. The molecular formula is C21H20Cl2N4O2S. The van der Waals surface area contributed by atoms with E-state index >= 15 is 0 Å². The molecule has 0 unspecified atom stereocenters. The van der Waals surface area contributed by atoms with Gasteiger partial charge in [-0.1, -0.05) is 53.2 Å². The highest BCUT2D eigenvalue weighted by molar-refractivity contribution is 7.99. The molecule has 0 aliphatic carbocycles. The number of hydrogen-bond donors (Lipinski definition) is 1. The number of aromatic nitrogens is 3. The van der Waals surface area contributed by atoms with Crippen molar-refractivity contribution in [2.24, 2.45) is 0 Å². The number of carbonyl (C=O) groups is 1. The van der Waals surface area contributed by atoms with Crippen LogP contribution in [0.2, 0.25) is 10.0 Å². The predicted octanol–water partition coefficient (Wildman–Crippen LogP) is 4.76. The summed E-state index contributed by atoms with van der Waals surface area (Å²) in [5.41, 5.74) is 0.942. The molecule has 1 heterocycles. The van der Waals surface area contributed by atoms with Gasteiger partial charge in [0.15, 0.2) is 11.0 Å². The van der Waals surface area contributed by atoms with Gasteiger partial charge < -0.3 is 10.1 Å². The molecule has 0 atom stereocenters. The molecule has 1 amide bonds. The van der Waals surface area contributed by atoms with Gasteiger partial charge in [0, 0.05) is 23.1 Å². The molecule has 3 rings (SSSR count). The van der Waals surface area contributed by atoms with Crippen LogP contribution >= 0.6 is 35.0 Å². The molecule has 0 spiro atoms. The van der Waals surface area contributed by atoms with Crippen molar-refractivity contribution in [2.75, 3.05) is 5.75 Å². The maximum Gasteiger partial charge on any atom is 0.230 e. The van der Waals surface area contributed by atoms with E-state index in [1.807, 2.05) is 22.8 Å². The van der Waals surface area contributed by atoms with Gasteiger partial charge in [-0.3, -0.25) is 9.36 Å². The number of halogens is 2. The van der Waals surface area contributed by atoms with Crippen molar-refractivity contribution in [2.45, 2.75) is 24.9 Å². The monoisotopic (exact) mass is 462 g/mol. The molecule has 3 aromatic rings. The average molecular weight is 463 g/mol. The normalized spacial score (nSPS) is 10.6. The zero-order chi connectivity index (χ0) is 21.3. The molecule has 0 radical (unpaired) electrons. The number of thioether (sulfide) groups is 1. The Kier molecular flexibility index (Phi) is 8.19. The summed E-state index contributed by atoms with van der Waals surface area (Å²) in [5, 5.41) is 13.2. The maximum atomic E-state index is 12.2. The highest BCUT2D eigenvalue weighted by Gasteiger charge is 2.14. The van der Waals surface area contributed by atoms with Gasteiger partial charge in [0.25, 0.3) is 0 Å². The lowest BCUT2D eigenvalue weighted by molar-refractivity contribution is -0.118. The Morgan fingerprint density at radius 2 is 1.97 bits per heavy atom. The SMILES string of the molecule is C=CCn1c(COc2ccc(Cl)cc2)nnc1SCC(=O)NCc1cccc(Cl)c1. The van der Waals surface area contributed by atoms with Gasteiger partial charge in [-0.15, -0.1) is 16.8 Å². The molecular weight excluding hydrogens is 443 g/mol. The van der Waals surface area contributed by atoms with Gasteiger partial charge in [-0.2, -0.15) is 0 Å². The quantitative estimate of drug-likeness (QED) is 0.347. The van der Waals surface area contributed by atoms with E-state index in [-0.39, 0.29) is 18.3 Å². The van der Waals surface area contributed by atoms with Gasteiger partial charge in [0.1, 0.15) is 12.4 Å². The molecule has 0 fully saturated rings. The number of allylic oxidation sites excluding steroid dienone is 1. The number of carbonyl (C=O) groups excluding carboxylic acids is 1. The second-order valence-electron chi connectivity index (χ2n) is 6.24. The average Bonchev–Trinajstić information content (AvgIpc) is 3.12. The Morgan fingerprint density at radius 1 is 1.17 bits per heavy atom. The molecule has 6 nitrogen and oxygen atoms in total. The third-order valence-electron chi connectivity index (χ3n) is 4.00. The first kappa shape index (κ1) is 22.2. The summed E-state index contributed by atoms with van der Waals surface area (Å²) >= 11 is 13.2. The van der Waals surface area contributed by atoms with E-state index in [2.05, 4.69) is 22.1 Å². The zero-order valence-electron chi connectivity index (χ0n) is 16.1. The Morgan fingerprint density at radius 3 is 2.70 bits per heavy atom. The number of benzene rings is 2. The van der Waals surface area contributed by atoms with Crippen molar-refractivity contribution in [3.63, 3.8) is 0 Å². The van der Waals surface area contributed by atoms with Crippen LogP contribution in [0.1, 0.15) is 11.4 Å². The summed E-state index contributed by atoms with van der Waals surface area (Å²) in [4.78, 5) is 12.2. The van der Waals surface area contributed by atoms with Gasteiger partial charge >= 0.3 is 0 Å². The zero-order valence-corrected chi connectivity index (χ0v) is 18.4. The minimum Gasteiger partial charge on any atom is -0.486 e. The highest BCUT2D eigenvalue weighted by atomic mass is 35.5. The van der Waals surface area contributed by atoms with Crippen molar-refractivity contribution >= 4 is 40.9 Å². The van der Waals surface area contributed by atoms with Crippen LogP contribution < -0.4 is 10.1 Å². The first-order chi connectivity index (χ1) is 14.5. The van der Waals surface area contributed by atoms with E-state index in [0.29, 0.717) is 39.9 Å². The van der Waals surface area contributed by atoms with Crippen molar-refractivity contribution in [3.05, 3.63) is 82.6 Å². The summed E-state index contributed by atoms with van der Waals surface area (Å²) in [7, 11) is 0. The van der Waals surface area contributed by atoms with E-state index < -0.39 is 0 Å². The van der Waals surface area contributed by atoms with Crippen LogP contribution in [0.5, 0.6) is 5.75 Å². The minimum absolute atomic E-state index is 0.105. The summed E-state index contributed by atoms with van der Waals surface area (Å²) in [6, 6.07) is 14.5. The third-order valence-corrected chi connectivity index (χ3v) is 5.45. The largest absolute Gasteiger partial charge is 0.486 e. The standard InChI is InChI=1S/C21H20Cl2N4O2S/c1-2-10-27-19(13-29-18-8-6-16(22)7-9-18)25-26-21(27)30-14-20(28)24-12-15-4-3-5-17(23)11-15/h2-9,11H,1,10,12-14H2,(H,24,28). The maximum absolute atomic E-state index is 12.2. The first-order valence-corrected chi connectivity index (χ1v) is 10.8. The van der Waals surface area contributed by atoms with Gasteiger partial charge in [0.2, 0.25) is 5.91 Å². The van der Waals surface area contributed by atoms with Crippen molar-refractivity contribution < 1.29 is 9.53 Å². The number of hydrogen-bond acceptors (Lipinski definition) is 5. The van der Waals surface area contributed by atoms with E-state index in [0.717, 1.165) is 5.56 Å². The minimum atomic E-state index is -0.105. The lowest BCUT2D eigenvalue weighted by Crippen LogP contribution is -2.24. The van der Waals surface area contributed by atoms with E-state index in [1.165, 1.54) is 11.8 Å². The molecule has 30 heavy (non-hydrogen) atoms. The molecule has 0 bridgehead atoms. The lowest BCUT2D eigenvalue weighted by Gasteiger charge is -2.09. The van der Waals surface area contributed by atoms with Crippen LogP contribution in [0.3, 0.4) is 0 Å². The number of nitrogens with one attached hydrogen (secondary N) is 1. The molecule has 156 valence electrons. The van der Waals surface area contributed by atoms with Crippen molar-refractivity contribution in [1.29, 1.82) is 0 Å². The number of nitrogens with zero attached hydrogens (tertiary/aromatic N) is 3. The molecule has 9 heteroatoms. The van der Waals surface area contributed by atoms with Gasteiger partial charge in [-0.25, -0.2) is 0 Å². The van der Waals surface area contributed by atoms with E-state index in [9.17, 15) is 4.79 Å². The summed E-state index contributed by atoms with van der Waals surface area (Å²) in [5.74, 6) is 1.44. The predicted molar refractivity (Wildman–Crippen MR) is 120 cm³/mol. The molecule has 1 N–H and O–H groups in total. The van der Waals surface area contributed by atoms with Crippen LogP contribution in [0, 0.1) is 0 Å². The number of ether oxygens (including phenoxy) is 1. The first-order valence-electron chi connectivity index (χ1n) is 9.10. The van der Waals surface area contributed by atoms with Crippen LogP contribution in [-0.2, 0) is 24.5 Å². The van der Waals surface area contributed by atoms with Crippen LogP contribution in [-0.4, -0.2) is 26.4 Å². The molecule has 0 aliphatic heterocycles. The van der Waals surface area contributed by atoms with E-state index in [4.69, 9.17) is 27.9 Å². The molecule has 2 aromatic carbocycles. The summed E-state index contributed by atoms with van der Waals surface area (Å²) in [6.07, 6.45) is 1.75. The molecule has 0 saturated heterocycles. The van der Waals surface area contributed by atoms with Crippen molar-refractivity contribution in [3.8, 4) is 5.75 Å². The topological polar surface area (TPSA) is 69.0 Å². The fourth-order valence-corrected chi connectivity index (χ4v) is 3.69. The second kappa shape index (κ2) is 11.1. The summed E-state index contributed by atoms with van der Waals surface area (Å²) < 4.78 is 7.63. The lowest BCUT2D eigenvalue weighted by atomic mass is 10.2. The second-order valence-corrected chi connectivity index (χ2v) is 8.05. The van der Waals surface area contributed by atoms with Gasteiger partial charge in [0.05, 0.1) is 5.75 Å². The van der Waals surface area contributed by atoms with Crippen LogP contribution in [0.4, 0.5) is 0 Å². The fraction of sp³-hybridized carbons (Fsp3) is 0.190. The van der Waals surface area contributed by atoms with Crippen molar-refractivity contribution in [1.82, 2.24) is 20.1 Å². The van der Waals surface area contributed by atoms with Crippen LogP contribution in [0.15, 0.2) is 66.3 Å². The fourth-order valence-electron chi connectivity index (χ4n) is 2.55. The smallest absolute Gasteiger partial charge is 0.230 e. The Balaban J connectivity index is 1.55. The third kappa shape index (κ3) is 6.52. The van der Waals surface area contributed by atoms with Crippen LogP contribution in [0.25, 0.3) is 0 Å². The molecule has 0 aliphatic rings. The number of amides is 1. The Hall–Kier alpha value is -2.48. The Labute approximate surface area is 189 Å². The molecule has 1 aromatic heterocycles. The summed E-state index contributed by atoms with van der Waals surface area (Å²) in [6.45, 7) is 4.95. The molecule has 0 saturated carbocycles. The van der Waals surface area contributed by atoms with Gasteiger partial charge in [-0.05, 0) is 42.0 Å². The van der Waals surface area contributed by atoms with E-state index in [1.54, 1.807) is 36.4 Å². The number of rotatable bonds is 10.